The number of rotatable bonds is 3. The van der Waals surface area contributed by atoms with Gasteiger partial charge in [-0.3, -0.25) is 4.79 Å². The summed E-state index contributed by atoms with van der Waals surface area (Å²) in [6, 6.07) is 0. The molecule has 1 heterocycles. The molecule has 0 bridgehead atoms. The molecule has 1 rings (SSSR count). The molecule has 0 N–H and O–H groups in total. The highest BCUT2D eigenvalue weighted by Crippen LogP contribution is 2.22. The molecule has 0 aromatic heterocycles. The number of halogens is 1. The van der Waals surface area contributed by atoms with E-state index in [9.17, 15) is 9.18 Å². The summed E-state index contributed by atoms with van der Waals surface area (Å²) in [6.45, 7) is 6.36. The van der Waals surface area contributed by atoms with E-state index in [0.717, 1.165) is 0 Å². The maximum atomic E-state index is 13.9. The molecule has 0 radical (unpaired) electrons. The minimum atomic E-state index is -1.12. The summed E-state index contributed by atoms with van der Waals surface area (Å²) in [5.41, 5.74) is -0.353. The Morgan fingerprint density at radius 3 is 2.59 bits per heavy atom. The second-order valence-corrected chi connectivity index (χ2v) is 5.35. The molecule has 0 aromatic rings. The van der Waals surface area contributed by atoms with Crippen LogP contribution in [0, 0.1) is 0 Å². The molecule has 5 heteroatoms. The molecule has 1 saturated heterocycles. The molecule has 1 amide bonds. The van der Waals surface area contributed by atoms with E-state index >= 15 is 0 Å². The van der Waals surface area contributed by atoms with Crippen LogP contribution < -0.4 is 0 Å². The lowest BCUT2D eigenvalue weighted by atomic mass is 10.0. The lowest BCUT2D eigenvalue weighted by Gasteiger charge is -2.37. The van der Waals surface area contributed by atoms with Gasteiger partial charge in [0.1, 0.15) is 12.8 Å². The summed E-state index contributed by atoms with van der Waals surface area (Å²) in [5, 5.41) is 0. The van der Waals surface area contributed by atoms with Crippen molar-refractivity contribution in [1.82, 2.24) is 4.90 Å². The summed E-state index contributed by atoms with van der Waals surface area (Å²) in [4.78, 5) is 13.0. The summed E-state index contributed by atoms with van der Waals surface area (Å²) in [6.07, 6.45) is -1.00. The Morgan fingerprint density at radius 2 is 2.12 bits per heavy atom. The number of hydrogen-bond acceptors (Lipinski definition) is 3. The molecule has 17 heavy (non-hydrogen) atoms. The van der Waals surface area contributed by atoms with Crippen molar-refractivity contribution < 1.29 is 18.7 Å². The van der Waals surface area contributed by atoms with Crippen molar-refractivity contribution >= 4 is 5.91 Å². The minimum absolute atomic E-state index is 0.0114. The fourth-order valence-electron chi connectivity index (χ4n) is 1.91. The molecule has 100 valence electrons. The first-order valence-corrected chi connectivity index (χ1v) is 5.92. The van der Waals surface area contributed by atoms with Crippen molar-refractivity contribution in [1.29, 1.82) is 0 Å². The van der Waals surface area contributed by atoms with Crippen LogP contribution in [0.3, 0.4) is 0 Å². The molecule has 1 aliphatic heterocycles. The monoisotopic (exact) mass is 247 g/mol. The molecule has 0 aliphatic carbocycles. The van der Waals surface area contributed by atoms with E-state index in [1.807, 2.05) is 20.8 Å². The predicted octanol–water partition coefficient (Wildman–Crippen LogP) is 1.39. The Kier molecular flexibility index (Phi) is 4.89. The van der Waals surface area contributed by atoms with Crippen LogP contribution >= 0.6 is 0 Å². The summed E-state index contributed by atoms with van der Waals surface area (Å²) < 4.78 is 24.3. The van der Waals surface area contributed by atoms with Gasteiger partial charge in [0.15, 0.2) is 0 Å². The van der Waals surface area contributed by atoms with Gasteiger partial charge in [-0.1, -0.05) is 0 Å². The van der Waals surface area contributed by atoms with Crippen LogP contribution in [-0.2, 0) is 14.3 Å². The Morgan fingerprint density at radius 1 is 1.47 bits per heavy atom. The third-order valence-corrected chi connectivity index (χ3v) is 2.61. The van der Waals surface area contributed by atoms with Gasteiger partial charge in [0.25, 0.3) is 0 Å². The maximum Gasteiger partial charge on any atom is 0.248 e. The number of amides is 1. The smallest absolute Gasteiger partial charge is 0.248 e. The van der Waals surface area contributed by atoms with E-state index in [2.05, 4.69) is 0 Å². The van der Waals surface area contributed by atoms with Gasteiger partial charge in [-0.2, -0.15) is 0 Å². The zero-order chi connectivity index (χ0) is 13.1. The highest BCUT2D eigenvalue weighted by Gasteiger charge is 2.34. The molecule has 2 atom stereocenters. The average molecular weight is 247 g/mol. The number of alkyl halides is 1. The molecular formula is C12H22FNO3. The van der Waals surface area contributed by atoms with Gasteiger partial charge in [0.2, 0.25) is 5.91 Å². The topological polar surface area (TPSA) is 38.8 Å². The van der Waals surface area contributed by atoms with Crippen LogP contribution in [0.15, 0.2) is 0 Å². The minimum Gasteiger partial charge on any atom is -0.375 e. The Balaban J connectivity index is 2.47. The number of nitrogens with zero attached hydrogens (tertiary/aromatic N) is 1. The van der Waals surface area contributed by atoms with Crippen molar-refractivity contribution in [3.05, 3.63) is 0 Å². The summed E-state index contributed by atoms with van der Waals surface area (Å²) >= 11 is 0. The van der Waals surface area contributed by atoms with E-state index in [-0.39, 0.29) is 24.7 Å². The van der Waals surface area contributed by atoms with Crippen LogP contribution in [0.25, 0.3) is 0 Å². The first-order chi connectivity index (χ1) is 7.83. The number of piperidine rings is 1. The van der Waals surface area contributed by atoms with Crippen molar-refractivity contribution in [3.63, 3.8) is 0 Å². The number of ether oxygens (including phenoxy) is 2. The molecular weight excluding hydrogens is 225 g/mol. The van der Waals surface area contributed by atoms with Crippen molar-refractivity contribution in [3.8, 4) is 0 Å². The van der Waals surface area contributed by atoms with Gasteiger partial charge in [0, 0.05) is 13.7 Å². The van der Waals surface area contributed by atoms with Crippen molar-refractivity contribution in [2.75, 3.05) is 26.8 Å². The first-order valence-electron chi connectivity index (χ1n) is 5.92. The van der Waals surface area contributed by atoms with Crippen LogP contribution in [0.2, 0.25) is 0 Å². The van der Waals surface area contributed by atoms with Gasteiger partial charge in [-0.15, -0.1) is 0 Å². The number of methoxy groups -OCH3 is 1. The zero-order valence-electron chi connectivity index (χ0n) is 11.0. The largest absolute Gasteiger partial charge is 0.375 e. The Bertz CT molecular complexity index is 265. The lowest BCUT2D eigenvalue weighted by molar-refractivity contribution is -0.147. The third kappa shape index (κ3) is 4.60. The van der Waals surface area contributed by atoms with Gasteiger partial charge in [-0.05, 0) is 27.2 Å². The number of carbonyl (C=O) groups is 1. The van der Waals surface area contributed by atoms with Gasteiger partial charge in [0.05, 0.1) is 18.2 Å². The normalized spacial score (nSPS) is 26.1. The van der Waals surface area contributed by atoms with Crippen LogP contribution in [0.5, 0.6) is 0 Å². The molecule has 4 nitrogen and oxygen atoms in total. The van der Waals surface area contributed by atoms with Gasteiger partial charge >= 0.3 is 0 Å². The average Bonchev–Trinajstić information content (AvgIpc) is 2.19. The Hall–Kier alpha value is -0.680. The molecule has 1 aliphatic rings. The molecule has 0 spiro atoms. The molecule has 0 aromatic carbocycles. The summed E-state index contributed by atoms with van der Waals surface area (Å²) in [5.74, 6) is -0.163. The van der Waals surface area contributed by atoms with E-state index < -0.39 is 12.3 Å². The predicted molar refractivity (Wildman–Crippen MR) is 62.6 cm³/mol. The van der Waals surface area contributed by atoms with E-state index in [0.29, 0.717) is 13.0 Å². The van der Waals surface area contributed by atoms with Crippen LogP contribution in [-0.4, -0.2) is 55.5 Å². The maximum absolute atomic E-state index is 13.9. The van der Waals surface area contributed by atoms with E-state index in [1.54, 1.807) is 0 Å². The highest BCUT2D eigenvalue weighted by molar-refractivity contribution is 5.77. The lowest BCUT2D eigenvalue weighted by Crippen LogP contribution is -2.50. The number of likely N-dealkylation sites (tertiary alicyclic amines) is 1. The molecule has 0 unspecified atom stereocenters. The van der Waals surface area contributed by atoms with Crippen molar-refractivity contribution in [2.45, 2.75) is 45.1 Å². The second-order valence-electron chi connectivity index (χ2n) is 5.35. The van der Waals surface area contributed by atoms with Gasteiger partial charge < -0.3 is 14.4 Å². The van der Waals surface area contributed by atoms with Crippen LogP contribution in [0.1, 0.15) is 27.2 Å². The molecule has 1 fully saturated rings. The third-order valence-electron chi connectivity index (χ3n) is 2.61. The van der Waals surface area contributed by atoms with Crippen LogP contribution in [0.4, 0.5) is 4.39 Å². The molecule has 0 saturated carbocycles. The fraction of sp³-hybridized carbons (Fsp3) is 0.917. The van der Waals surface area contributed by atoms with Crippen molar-refractivity contribution in [2.24, 2.45) is 0 Å². The van der Waals surface area contributed by atoms with E-state index in [1.165, 1.54) is 12.0 Å². The standard InChI is InChI=1S/C12H22FNO3/c1-12(2,3)17-10-5-6-14(7-9(10)13)11(15)8-16-4/h9-10H,5-8H2,1-4H3/t9-,10+/m1/s1. The number of carbonyl (C=O) groups excluding carboxylic acids is 1. The SMILES string of the molecule is COCC(=O)N1CC[C@H](OC(C)(C)C)[C@H](F)C1. The number of hydrogen-bond donors (Lipinski definition) is 0. The van der Waals surface area contributed by atoms with E-state index in [4.69, 9.17) is 9.47 Å². The van der Waals surface area contributed by atoms with Gasteiger partial charge in [-0.25, -0.2) is 4.39 Å². The highest BCUT2D eigenvalue weighted by atomic mass is 19.1. The second kappa shape index (κ2) is 5.78. The zero-order valence-corrected chi connectivity index (χ0v) is 11.0. The first kappa shape index (κ1) is 14.4. The Labute approximate surface area is 102 Å². The summed E-state index contributed by atoms with van der Waals surface area (Å²) in [7, 11) is 1.46. The quantitative estimate of drug-likeness (QED) is 0.756. The fourth-order valence-corrected chi connectivity index (χ4v) is 1.91.